The number of nitrogen functional groups attached to an aromatic ring is 1. The summed E-state index contributed by atoms with van der Waals surface area (Å²) in [5, 5.41) is 10.7. The van der Waals surface area contributed by atoms with Crippen LogP contribution in [0.3, 0.4) is 0 Å². The Hall–Kier alpha value is -1.70. The highest BCUT2D eigenvalue weighted by Crippen LogP contribution is 2.27. The Labute approximate surface area is 118 Å². The van der Waals surface area contributed by atoms with Gasteiger partial charge >= 0.3 is 0 Å². The molecular formula is C12H13N5S2. The molecular weight excluding hydrogens is 278 g/mol. The van der Waals surface area contributed by atoms with Crippen molar-refractivity contribution in [2.24, 2.45) is 5.84 Å². The summed E-state index contributed by atoms with van der Waals surface area (Å²) in [6.45, 7) is 2.86. The maximum Gasteiger partial charge on any atom is 0.240 e. The first-order chi connectivity index (χ1) is 9.28. The van der Waals surface area contributed by atoms with E-state index < -0.39 is 0 Å². The quantitative estimate of drug-likeness (QED) is 0.509. The van der Waals surface area contributed by atoms with E-state index in [1.165, 1.54) is 11.1 Å². The van der Waals surface area contributed by atoms with Crippen LogP contribution in [-0.2, 0) is 6.54 Å². The second-order valence-corrected chi connectivity index (χ2v) is 5.75. The normalized spacial score (nSPS) is 10.8. The van der Waals surface area contributed by atoms with Crippen molar-refractivity contribution in [3.8, 4) is 0 Å². The minimum atomic E-state index is 0.430. The minimum absolute atomic E-state index is 0.430. The zero-order chi connectivity index (χ0) is 13.2. The molecule has 3 aromatic heterocycles. The molecule has 0 bridgehead atoms. The second-order valence-electron chi connectivity index (χ2n) is 4.11. The number of nitrogens with two attached hydrogens (primary N) is 1. The van der Waals surface area contributed by atoms with Gasteiger partial charge in [-0.3, -0.25) is 5.43 Å². The Morgan fingerprint density at radius 3 is 2.95 bits per heavy atom. The van der Waals surface area contributed by atoms with Crippen LogP contribution in [0, 0.1) is 6.92 Å². The number of nitrogens with one attached hydrogen (secondary N) is 2. The smallest absolute Gasteiger partial charge is 0.240 e. The van der Waals surface area contributed by atoms with E-state index in [4.69, 9.17) is 5.84 Å². The maximum atomic E-state index is 5.40. The molecule has 0 aliphatic carbocycles. The molecule has 0 aliphatic heterocycles. The summed E-state index contributed by atoms with van der Waals surface area (Å²) in [4.78, 5) is 9.61. The molecule has 0 saturated heterocycles. The van der Waals surface area contributed by atoms with Gasteiger partial charge in [0.25, 0.3) is 0 Å². The molecule has 3 heterocycles. The third-order valence-corrected chi connectivity index (χ3v) is 4.58. The first kappa shape index (κ1) is 12.3. The zero-order valence-corrected chi connectivity index (χ0v) is 11.9. The van der Waals surface area contributed by atoms with Gasteiger partial charge in [0.05, 0.1) is 5.39 Å². The molecule has 98 valence electrons. The van der Waals surface area contributed by atoms with Crippen molar-refractivity contribution < 1.29 is 0 Å². The van der Waals surface area contributed by atoms with Crippen LogP contribution in [0.4, 0.5) is 11.8 Å². The standard InChI is InChI=1S/C12H13N5S2/c1-7-5-18-6-8(7)4-14-10-9-2-3-19-11(9)16-12(15-10)17-13/h2-3,5-6H,4,13H2,1H3,(H2,14,15,16,17). The van der Waals surface area contributed by atoms with Crippen LogP contribution in [0.25, 0.3) is 10.2 Å². The number of thiophene rings is 2. The molecule has 0 fully saturated rings. The van der Waals surface area contributed by atoms with Crippen LogP contribution in [0.2, 0.25) is 0 Å². The lowest BCUT2D eigenvalue weighted by atomic mass is 10.2. The topological polar surface area (TPSA) is 75.9 Å². The summed E-state index contributed by atoms with van der Waals surface area (Å²) in [6, 6.07) is 2.02. The van der Waals surface area contributed by atoms with Gasteiger partial charge in [0.2, 0.25) is 5.95 Å². The van der Waals surface area contributed by atoms with Crippen molar-refractivity contribution in [3.05, 3.63) is 33.3 Å². The van der Waals surface area contributed by atoms with Crippen LogP contribution in [0.15, 0.2) is 22.2 Å². The van der Waals surface area contributed by atoms with E-state index in [0.717, 1.165) is 22.6 Å². The molecule has 0 aromatic carbocycles. The predicted molar refractivity (Wildman–Crippen MR) is 81.6 cm³/mol. The Kier molecular flexibility index (Phi) is 3.33. The number of nitrogens with zero attached hydrogens (tertiary/aromatic N) is 2. The fourth-order valence-electron chi connectivity index (χ4n) is 1.80. The summed E-state index contributed by atoms with van der Waals surface area (Å²) in [5.74, 6) is 6.64. The lowest BCUT2D eigenvalue weighted by Crippen LogP contribution is -2.12. The largest absolute Gasteiger partial charge is 0.365 e. The molecule has 19 heavy (non-hydrogen) atoms. The van der Waals surface area contributed by atoms with Crippen molar-refractivity contribution in [1.29, 1.82) is 0 Å². The number of hydrogen-bond donors (Lipinski definition) is 3. The Morgan fingerprint density at radius 2 is 2.21 bits per heavy atom. The van der Waals surface area contributed by atoms with Gasteiger partial charge in [-0.2, -0.15) is 16.3 Å². The lowest BCUT2D eigenvalue weighted by molar-refractivity contribution is 1.09. The average molecular weight is 291 g/mol. The van der Waals surface area contributed by atoms with E-state index in [9.17, 15) is 0 Å². The van der Waals surface area contributed by atoms with Crippen LogP contribution in [-0.4, -0.2) is 9.97 Å². The van der Waals surface area contributed by atoms with Crippen molar-refractivity contribution in [1.82, 2.24) is 9.97 Å². The highest BCUT2D eigenvalue weighted by atomic mass is 32.1. The van der Waals surface area contributed by atoms with E-state index >= 15 is 0 Å². The van der Waals surface area contributed by atoms with Crippen molar-refractivity contribution in [2.75, 3.05) is 10.7 Å². The molecule has 7 heteroatoms. The van der Waals surface area contributed by atoms with Crippen molar-refractivity contribution in [3.63, 3.8) is 0 Å². The van der Waals surface area contributed by atoms with Crippen LogP contribution < -0.4 is 16.6 Å². The van der Waals surface area contributed by atoms with Crippen molar-refractivity contribution in [2.45, 2.75) is 13.5 Å². The van der Waals surface area contributed by atoms with Gasteiger partial charge in [-0.05, 0) is 40.3 Å². The van der Waals surface area contributed by atoms with Gasteiger partial charge < -0.3 is 5.32 Å². The molecule has 0 spiro atoms. The van der Waals surface area contributed by atoms with Crippen LogP contribution >= 0.6 is 22.7 Å². The first-order valence-corrected chi connectivity index (χ1v) is 7.57. The van der Waals surface area contributed by atoms with Crippen LogP contribution in [0.5, 0.6) is 0 Å². The molecule has 0 radical (unpaired) electrons. The Morgan fingerprint density at radius 1 is 1.32 bits per heavy atom. The SMILES string of the molecule is Cc1cscc1CNc1nc(NN)nc2sccc12. The third kappa shape index (κ3) is 2.40. The summed E-state index contributed by atoms with van der Waals surface area (Å²) in [7, 11) is 0. The van der Waals surface area contributed by atoms with E-state index in [1.807, 2.05) is 11.4 Å². The van der Waals surface area contributed by atoms with Gasteiger partial charge in [0.15, 0.2) is 0 Å². The van der Waals surface area contributed by atoms with Crippen molar-refractivity contribution >= 4 is 44.7 Å². The summed E-state index contributed by atoms with van der Waals surface area (Å²) < 4.78 is 0. The third-order valence-electron chi connectivity index (χ3n) is 2.86. The molecule has 4 N–H and O–H groups in total. The number of rotatable bonds is 4. The molecule has 0 unspecified atom stereocenters. The molecule has 5 nitrogen and oxygen atoms in total. The van der Waals surface area contributed by atoms with Gasteiger partial charge in [-0.1, -0.05) is 0 Å². The Bertz CT molecular complexity index is 703. The van der Waals surface area contributed by atoms with Gasteiger partial charge in [-0.25, -0.2) is 10.8 Å². The number of hydrogen-bond acceptors (Lipinski definition) is 7. The number of hydrazine groups is 1. The number of anilines is 2. The number of fused-ring (bicyclic) bond motifs is 1. The second kappa shape index (κ2) is 5.12. The summed E-state index contributed by atoms with van der Waals surface area (Å²) in [6.07, 6.45) is 0. The molecule has 0 saturated carbocycles. The lowest BCUT2D eigenvalue weighted by Gasteiger charge is -2.08. The molecule has 3 aromatic rings. The van der Waals surface area contributed by atoms with Gasteiger partial charge in [0, 0.05) is 6.54 Å². The maximum absolute atomic E-state index is 5.40. The van der Waals surface area contributed by atoms with Gasteiger partial charge in [-0.15, -0.1) is 11.3 Å². The fourth-order valence-corrected chi connectivity index (χ4v) is 3.42. The highest BCUT2D eigenvalue weighted by Gasteiger charge is 2.08. The number of aryl methyl sites for hydroxylation is 1. The molecule has 0 amide bonds. The first-order valence-electron chi connectivity index (χ1n) is 5.75. The minimum Gasteiger partial charge on any atom is -0.365 e. The number of aromatic nitrogens is 2. The molecule has 0 atom stereocenters. The summed E-state index contributed by atoms with van der Waals surface area (Å²) >= 11 is 3.28. The molecule has 0 aliphatic rings. The van der Waals surface area contributed by atoms with E-state index in [-0.39, 0.29) is 0 Å². The average Bonchev–Trinajstić information content (AvgIpc) is 3.04. The van der Waals surface area contributed by atoms with E-state index in [2.05, 4.69) is 38.4 Å². The fraction of sp³-hybridized carbons (Fsp3) is 0.167. The van der Waals surface area contributed by atoms with Gasteiger partial charge in [0.1, 0.15) is 10.6 Å². The zero-order valence-electron chi connectivity index (χ0n) is 10.3. The Balaban J connectivity index is 1.91. The van der Waals surface area contributed by atoms with Crippen LogP contribution in [0.1, 0.15) is 11.1 Å². The van der Waals surface area contributed by atoms with E-state index in [0.29, 0.717) is 5.95 Å². The monoisotopic (exact) mass is 291 g/mol. The highest BCUT2D eigenvalue weighted by molar-refractivity contribution is 7.16. The molecule has 3 rings (SSSR count). The summed E-state index contributed by atoms with van der Waals surface area (Å²) in [5.41, 5.74) is 5.08. The van der Waals surface area contributed by atoms with E-state index in [1.54, 1.807) is 22.7 Å². The predicted octanol–water partition coefficient (Wildman–Crippen LogP) is 2.96.